The summed E-state index contributed by atoms with van der Waals surface area (Å²) >= 11 is 17.0. The number of aryl methyl sites for hydroxylation is 1. The molecule has 0 unspecified atom stereocenters. The minimum Gasteiger partial charge on any atom is -0.306 e. The number of carbonyl (C=O) groups is 2. The van der Waals surface area contributed by atoms with Gasteiger partial charge >= 0.3 is 6.03 Å². The largest absolute Gasteiger partial charge is 0.325 e. The van der Waals surface area contributed by atoms with Gasteiger partial charge in [0.2, 0.25) is 5.91 Å². The number of urea groups is 1. The van der Waals surface area contributed by atoms with Crippen LogP contribution in [0.3, 0.4) is 0 Å². The van der Waals surface area contributed by atoms with Gasteiger partial charge in [-0.2, -0.15) is 0 Å². The molecule has 0 fully saturated rings. The molecule has 1 rings (SSSR count). The summed E-state index contributed by atoms with van der Waals surface area (Å²) in [5, 5.41) is 5.21. The van der Waals surface area contributed by atoms with Crippen LogP contribution in [0.2, 0.25) is 10.0 Å². The van der Waals surface area contributed by atoms with E-state index in [1.54, 1.807) is 13.0 Å². The molecule has 0 aliphatic heterocycles. The van der Waals surface area contributed by atoms with E-state index >= 15 is 0 Å². The van der Waals surface area contributed by atoms with Crippen molar-refractivity contribution in [3.8, 4) is 0 Å². The van der Waals surface area contributed by atoms with Gasteiger partial charge in [0, 0.05) is 5.02 Å². The summed E-state index contributed by atoms with van der Waals surface area (Å²) in [5.74, 6) is -0.894. The lowest BCUT2D eigenvalue weighted by Gasteiger charge is -2.09. The van der Waals surface area contributed by atoms with Crippen LogP contribution in [0.1, 0.15) is 5.56 Å². The first kappa shape index (κ1) is 14.1. The van der Waals surface area contributed by atoms with Crippen LogP contribution in [0.4, 0.5) is 10.5 Å². The zero-order valence-electron chi connectivity index (χ0n) is 8.81. The number of hydrogen-bond donors (Lipinski definition) is 2. The number of carbonyl (C=O) groups excluding carboxylic acids is 2. The van der Waals surface area contributed by atoms with Crippen molar-refractivity contribution in [3.05, 3.63) is 27.7 Å². The number of rotatable bonds is 2. The maximum atomic E-state index is 11.3. The summed E-state index contributed by atoms with van der Waals surface area (Å²) < 4.78 is 0. The average Bonchev–Trinajstić information content (AvgIpc) is 2.25. The lowest BCUT2D eigenvalue weighted by Crippen LogP contribution is -2.35. The second-order valence-corrected chi connectivity index (χ2v) is 4.30. The van der Waals surface area contributed by atoms with Crippen LogP contribution in [0.15, 0.2) is 12.1 Å². The SMILES string of the molecule is Cc1cc(Cl)c(NC(=O)NC(=O)CCl)cc1Cl. The molecular weight excluding hydrogens is 286 g/mol. The Morgan fingerprint density at radius 2 is 1.88 bits per heavy atom. The van der Waals surface area contributed by atoms with Crippen LogP contribution in [-0.4, -0.2) is 17.8 Å². The van der Waals surface area contributed by atoms with Crippen molar-refractivity contribution in [2.24, 2.45) is 0 Å². The standard InChI is InChI=1S/C10H9Cl3N2O2/c1-5-2-7(13)8(3-6(5)12)14-10(17)15-9(16)4-11/h2-3H,4H2,1H3,(H2,14,15,16,17). The van der Waals surface area contributed by atoms with Gasteiger partial charge in [-0.15, -0.1) is 11.6 Å². The molecule has 0 heterocycles. The van der Waals surface area contributed by atoms with Gasteiger partial charge in [0.25, 0.3) is 0 Å². The van der Waals surface area contributed by atoms with Gasteiger partial charge in [-0.1, -0.05) is 23.2 Å². The molecule has 3 amide bonds. The summed E-state index contributed by atoms with van der Waals surface area (Å²) in [4.78, 5) is 22.2. The molecule has 0 saturated carbocycles. The van der Waals surface area contributed by atoms with Crippen molar-refractivity contribution in [2.75, 3.05) is 11.2 Å². The van der Waals surface area contributed by atoms with Gasteiger partial charge < -0.3 is 5.32 Å². The van der Waals surface area contributed by atoms with E-state index in [1.165, 1.54) is 6.07 Å². The highest BCUT2D eigenvalue weighted by molar-refractivity contribution is 6.36. The monoisotopic (exact) mass is 294 g/mol. The molecule has 0 saturated heterocycles. The number of benzene rings is 1. The highest BCUT2D eigenvalue weighted by atomic mass is 35.5. The summed E-state index contributed by atoms with van der Waals surface area (Å²) in [5.41, 5.74) is 1.11. The van der Waals surface area contributed by atoms with Gasteiger partial charge in [-0.3, -0.25) is 10.1 Å². The molecule has 0 atom stereocenters. The van der Waals surface area contributed by atoms with Crippen molar-refractivity contribution < 1.29 is 9.59 Å². The Hall–Kier alpha value is -0.970. The third-order valence-corrected chi connectivity index (χ3v) is 2.83. The molecule has 7 heteroatoms. The molecule has 1 aromatic carbocycles. The van der Waals surface area contributed by atoms with Crippen LogP contribution in [0, 0.1) is 6.92 Å². The molecule has 92 valence electrons. The lowest BCUT2D eigenvalue weighted by atomic mass is 10.2. The first-order chi connectivity index (χ1) is 7.93. The Kier molecular flexibility index (Phi) is 5.05. The first-order valence-electron chi connectivity index (χ1n) is 4.56. The fraction of sp³-hybridized carbons (Fsp3) is 0.200. The predicted octanol–water partition coefficient (Wildman–Crippen LogP) is 3.19. The van der Waals surface area contributed by atoms with Crippen LogP contribution >= 0.6 is 34.8 Å². The lowest BCUT2D eigenvalue weighted by molar-refractivity contribution is -0.117. The normalized spacial score (nSPS) is 9.88. The molecule has 0 aromatic heterocycles. The van der Waals surface area contributed by atoms with E-state index < -0.39 is 11.9 Å². The van der Waals surface area contributed by atoms with E-state index in [1.807, 2.05) is 5.32 Å². The molecule has 0 radical (unpaired) electrons. The number of hydrogen-bond acceptors (Lipinski definition) is 2. The molecular formula is C10H9Cl3N2O2. The second kappa shape index (κ2) is 6.10. The summed E-state index contributed by atoms with van der Waals surface area (Å²) in [6, 6.07) is 2.41. The van der Waals surface area contributed by atoms with Crippen LogP contribution in [0.25, 0.3) is 0 Å². The fourth-order valence-electron chi connectivity index (χ4n) is 1.06. The van der Waals surface area contributed by atoms with E-state index in [2.05, 4.69) is 5.32 Å². The molecule has 0 aliphatic rings. The van der Waals surface area contributed by atoms with E-state index in [0.717, 1.165) is 5.56 Å². The third-order valence-electron chi connectivity index (χ3n) is 1.87. The van der Waals surface area contributed by atoms with Crippen molar-refractivity contribution in [1.82, 2.24) is 5.32 Å². The van der Waals surface area contributed by atoms with Crippen molar-refractivity contribution >= 4 is 52.4 Å². The highest BCUT2D eigenvalue weighted by Crippen LogP contribution is 2.28. The van der Waals surface area contributed by atoms with Crippen molar-refractivity contribution in [2.45, 2.75) is 6.92 Å². The van der Waals surface area contributed by atoms with Crippen LogP contribution in [0.5, 0.6) is 0 Å². The predicted molar refractivity (Wildman–Crippen MR) is 69.1 cm³/mol. The Morgan fingerprint density at radius 1 is 1.24 bits per heavy atom. The Bertz CT molecular complexity index is 463. The maximum Gasteiger partial charge on any atom is 0.325 e. The molecule has 2 N–H and O–H groups in total. The van der Waals surface area contributed by atoms with Crippen molar-refractivity contribution in [1.29, 1.82) is 0 Å². The summed E-state index contributed by atoms with van der Waals surface area (Å²) in [6.45, 7) is 1.79. The summed E-state index contributed by atoms with van der Waals surface area (Å²) in [6.07, 6.45) is 0. The maximum absolute atomic E-state index is 11.3. The van der Waals surface area contributed by atoms with E-state index in [9.17, 15) is 9.59 Å². The average molecular weight is 296 g/mol. The number of halogens is 3. The smallest absolute Gasteiger partial charge is 0.306 e. The number of alkyl halides is 1. The zero-order chi connectivity index (χ0) is 13.0. The van der Waals surface area contributed by atoms with Gasteiger partial charge in [0.1, 0.15) is 5.88 Å². The fourth-order valence-corrected chi connectivity index (χ4v) is 1.55. The Balaban J connectivity index is 2.78. The Morgan fingerprint density at radius 3 is 2.47 bits per heavy atom. The van der Waals surface area contributed by atoms with Gasteiger partial charge in [0.15, 0.2) is 0 Å². The van der Waals surface area contributed by atoms with E-state index in [4.69, 9.17) is 34.8 Å². The minimum absolute atomic E-state index is 0.296. The molecule has 17 heavy (non-hydrogen) atoms. The first-order valence-corrected chi connectivity index (χ1v) is 5.85. The van der Waals surface area contributed by atoms with Crippen LogP contribution < -0.4 is 10.6 Å². The molecule has 1 aromatic rings. The molecule has 0 bridgehead atoms. The number of nitrogens with one attached hydrogen (secondary N) is 2. The van der Waals surface area contributed by atoms with Gasteiger partial charge in [-0.25, -0.2) is 4.79 Å². The minimum atomic E-state index is -0.711. The molecule has 0 spiro atoms. The second-order valence-electron chi connectivity index (χ2n) is 3.22. The number of amides is 3. The number of anilines is 1. The van der Waals surface area contributed by atoms with Gasteiger partial charge in [0.05, 0.1) is 10.7 Å². The number of imide groups is 1. The highest BCUT2D eigenvalue weighted by Gasteiger charge is 2.10. The van der Waals surface area contributed by atoms with E-state index in [-0.39, 0.29) is 5.88 Å². The Labute approximate surface area is 113 Å². The molecule has 0 aliphatic carbocycles. The van der Waals surface area contributed by atoms with E-state index in [0.29, 0.717) is 15.7 Å². The topological polar surface area (TPSA) is 58.2 Å². The van der Waals surface area contributed by atoms with Gasteiger partial charge in [-0.05, 0) is 24.6 Å². The third kappa shape index (κ3) is 4.07. The zero-order valence-corrected chi connectivity index (χ0v) is 11.1. The summed E-state index contributed by atoms with van der Waals surface area (Å²) in [7, 11) is 0. The van der Waals surface area contributed by atoms with Crippen molar-refractivity contribution in [3.63, 3.8) is 0 Å². The molecule has 4 nitrogen and oxygen atoms in total. The van der Waals surface area contributed by atoms with Crippen LogP contribution in [-0.2, 0) is 4.79 Å². The quantitative estimate of drug-likeness (QED) is 0.823.